The van der Waals surface area contributed by atoms with Crippen molar-refractivity contribution in [3.8, 4) is 11.5 Å². The molecule has 0 aliphatic heterocycles. The molecular weight excluding hydrogens is 370 g/mol. The van der Waals surface area contributed by atoms with E-state index in [-0.39, 0.29) is 25.1 Å². The summed E-state index contributed by atoms with van der Waals surface area (Å²) in [5.41, 5.74) is 0.950. The molecule has 0 spiro atoms. The molecule has 144 valence electrons. The molecule has 6 nitrogen and oxygen atoms in total. The van der Waals surface area contributed by atoms with Gasteiger partial charge in [-0.25, -0.2) is 13.8 Å². The maximum atomic E-state index is 13.5. The molecule has 0 aliphatic rings. The van der Waals surface area contributed by atoms with E-state index in [9.17, 15) is 18.4 Å². The van der Waals surface area contributed by atoms with Crippen molar-refractivity contribution in [1.29, 1.82) is 0 Å². The summed E-state index contributed by atoms with van der Waals surface area (Å²) in [7, 11) is 0. The largest absolute Gasteiger partial charge is 0.459 e. The molecule has 3 aromatic rings. The average Bonchev–Trinajstić information content (AvgIpc) is 3.16. The van der Waals surface area contributed by atoms with Crippen LogP contribution in [0.15, 0.2) is 59.2 Å². The maximum absolute atomic E-state index is 13.5. The third-order valence-corrected chi connectivity index (χ3v) is 3.74. The molecule has 1 N–H and O–H groups in total. The van der Waals surface area contributed by atoms with Gasteiger partial charge in [0.15, 0.2) is 0 Å². The van der Waals surface area contributed by atoms with E-state index in [1.54, 1.807) is 0 Å². The zero-order chi connectivity index (χ0) is 19.9. The van der Waals surface area contributed by atoms with Gasteiger partial charge in [0.1, 0.15) is 30.2 Å². The number of amides is 1. The summed E-state index contributed by atoms with van der Waals surface area (Å²) in [5.74, 6) is -2.64. The molecule has 0 bridgehead atoms. The van der Waals surface area contributed by atoms with Crippen LogP contribution in [0, 0.1) is 11.6 Å². The van der Waals surface area contributed by atoms with E-state index in [0.29, 0.717) is 17.7 Å². The Balaban J connectivity index is 1.42. The minimum atomic E-state index is -0.972. The van der Waals surface area contributed by atoms with Crippen molar-refractivity contribution in [2.45, 2.75) is 13.0 Å². The summed E-state index contributed by atoms with van der Waals surface area (Å²) in [6, 6.07) is 11.9. The van der Waals surface area contributed by atoms with Crippen LogP contribution in [-0.2, 0) is 16.1 Å². The molecule has 1 heterocycles. The van der Waals surface area contributed by atoms with Crippen LogP contribution < -0.4 is 5.32 Å². The van der Waals surface area contributed by atoms with Gasteiger partial charge in [0.05, 0.1) is 12.0 Å². The number of rotatable bonds is 7. The van der Waals surface area contributed by atoms with Gasteiger partial charge in [-0.05, 0) is 24.3 Å². The second-order valence-corrected chi connectivity index (χ2v) is 5.80. The highest BCUT2D eigenvalue weighted by Crippen LogP contribution is 2.18. The van der Waals surface area contributed by atoms with Crippen LogP contribution in [0.1, 0.15) is 22.5 Å². The number of nitrogens with zero attached hydrogens (tertiary/aromatic N) is 1. The van der Waals surface area contributed by atoms with E-state index < -0.39 is 23.5 Å². The maximum Gasteiger partial charge on any atom is 0.307 e. The third kappa shape index (κ3) is 5.00. The average molecular weight is 386 g/mol. The van der Waals surface area contributed by atoms with Gasteiger partial charge in [0.25, 0.3) is 5.91 Å². The molecule has 3 rings (SSSR count). The van der Waals surface area contributed by atoms with Crippen molar-refractivity contribution >= 4 is 11.9 Å². The highest BCUT2D eigenvalue weighted by molar-refractivity contribution is 5.94. The van der Waals surface area contributed by atoms with Crippen LogP contribution in [0.4, 0.5) is 8.78 Å². The van der Waals surface area contributed by atoms with Crippen LogP contribution in [0.3, 0.4) is 0 Å². The number of halogens is 2. The van der Waals surface area contributed by atoms with Gasteiger partial charge in [-0.3, -0.25) is 9.59 Å². The number of aromatic nitrogens is 1. The Kier molecular flexibility index (Phi) is 6.11. The minimum absolute atomic E-state index is 0.0530. The first-order valence-corrected chi connectivity index (χ1v) is 8.41. The Morgan fingerprint density at radius 1 is 1.11 bits per heavy atom. The smallest absolute Gasteiger partial charge is 0.307 e. The van der Waals surface area contributed by atoms with Crippen molar-refractivity contribution in [1.82, 2.24) is 10.3 Å². The molecule has 8 heteroatoms. The van der Waals surface area contributed by atoms with Gasteiger partial charge in [0, 0.05) is 18.2 Å². The Hall–Kier alpha value is -3.55. The second-order valence-electron chi connectivity index (χ2n) is 5.80. The van der Waals surface area contributed by atoms with E-state index in [1.165, 1.54) is 6.26 Å². The number of hydrogen-bond donors (Lipinski definition) is 1. The van der Waals surface area contributed by atoms with Crippen LogP contribution >= 0.6 is 0 Å². The molecule has 0 aliphatic carbocycles. The molecule has 0 saturated heterocycles. The van der Waals surface area contributed by atoms with Gasteiger partial charge in [-0.1, -0.05) is 18.2 Å². The molecule has 2 aromatic carbocycles. The van der Waals surface area contributed by atoms with Gasteiger partial charge >= 0.3 is 5.97 Å². The van der Waals surface area contributed by atoms with E-state index in [2.05, 4.69) is 10.3 Å². The zero-order valence-corrected chi connectivity index (χ0v) is 14.7. The number of carbonyl (C=O) groups excluding carboxylic acids is 2. The molecular formula is C20H16F2N2O4. The Morgan fingerprint density at radius 3 is 2.64 bits per heavy atom. The highest BCUT2D eigenvalue weighted by Gasteiger charge is 2.13. The number of carbonyl (C=O) groups is 2. The van der Waals surface area contributed by atoms with E-state index in [0.717, 1.165) is 17.7 Å². The van der Waals surface area contributed by atoms with Gasteiger partial charge in [-0.15, -0.1) is 0 Å². The molecule has 0 radical (unpaired) electrons. The number of nitrogens with one attached hydrogen (secondary N) is 1. The van der Waals surface area contributed by atoms with Crippen LogP contribution in [0.2, 0.25) is 0 Å². The fourth-order valence-electron chi connectivity index (χ4n) is 2.36. The Labute approximate surface area is 159 Å². The van der Waals surface area contributed by atoms with Crippen molar-refractivity contribution in [2.75, 3.05) is 6.54 Å². The molecule has 0 fully saturated rings. The molecule has 28 heavy (non-hydrogen) atoms. The normalized spacial score (nSPS) is 10.5. The molecule has 1 aromatic heterocycles. The first kappa shape index (κ1) is 19.2. The molecule has 0 saturated carbocycles. The summed E-state index contributed by atoms with van der Waals surface area (Å²) >= 11 is 0. The number of benzene rings is 2. The number of oxazole rings is 1. The first-order chi connectivity index (χ1) is 13.5. The van der Waals surface area contributed by atoms with E-state index in [4.69, 9.17) is 9.15 Å². The predicted molar refractivity (Wildman–Crippen MR) is 95.0 cm³/mol. The number of hydrogen-bond acceptors (Lipinski definition) is 5. The lowest BCUT2D eigenvalue weighted by molar-refractivity contribution is -0.144. The molecule has 0 unspecified atom stereocenters. The quantitative estimate of drug-likeness (QED) is 0.629. The summed E-state index contributed by atoms with van der Waals surface area (Å²) in [6.07, 6.45) is 1.28. The monoisotopic (exact) mass is 386 g/mol. The summed E-state index contributed by atoms with van der Waals surface area (Å²) in [6.45, 7) is -0.127. The summed E-state index contributed by atoms with van der Waals surface area (Å²) < 4.78 is 36.8. The summed E-state index contributed by atoms with van der Waals surface area (Å²) in [4.78, 5) is 27.8. The van der Waals surface area contributed by atoms with Crippen LogP contribution in [0.5, 0.6) is 0 Å². The van der Waals surface area contributed by atoms with Crippen molar-refractivity contribution in [2.24, 2.45) is 0 Å². The third-order valence-electron chi connectivity index (χ3n) is 3.74. The SMILES string of the molecule is O=C(CCNC(=O)c1ccc(F)cc1F)OCc1coc(-c2ccccc2)n1. The van der Waals surface area contributed by atoms with Gasteiger partial charge in [0.2, 0.25) is 5.89 Å². The van der Waals surface area contributed by atoms with Crippen molar-refractivity contribution in [3.63, 3.8) is 0 Å². The lowest BCUT2D eigenvalue weighted by atomic mass is 10.2. The number of esters is 1. The lowest BCUT2D eigenvalue weighted by Crippen LogP contribution is -2.27. The molecule has 1 amide bonds. The zero-order valence-electron chi connectivity index (χ0n) is 14.7. The lowest BCUT2D eigenvalue weighted by Gasteiger charge is -2.06. The van der Waals surface area contributed by atoms with Gasteiger partial charge in [-0.2, -0.15) is 0 Å². The topological polar surface area (TPSA) is 81.4 Å². The predicted octanol–water partition coefficient (Wildman–Crippen LogP) is 3.48. The van der Waals surface area contributed by atoms with Gasteiger partial charge < -0.3 is 14.5 Å². The van der Waals surface area contributed by atoms with Crippen molar-refractivity contribution < 1.29 is 27.5 Å². The van der Waals surface area contributed by atoms with Crippen molar-refractivity contribution in [3.05, 3.63) is 77.7 Å². The fraction of sp³-hybridized carbons (Fsp3) is 0.150. The highest BCUT2D eigenvalue weighted by atomic mass is 19.1. The van der Waals surface area contributed by atoms with E-state index >= 15 is 0 Å². The summed E-state index contributed by atoms with van der Waals surface area (Å²) in [5, 5.41) is 2.38. The standard InChI is InChI=1S/C20H16F2N2O4/c21-14-6-7-16(17(22)10-14)19(26)23-9-8-18(25)27-11-15-12-28-20(24-15)13-4-2-1-3-5-13/h1-7,10,12H,8-9,11H2,(H,23,26). The fourth-order valence-corrected chi connectivity index (χ4v) is 2.36. The number of ether oxygens (including phenoxy) is 1. The van der Waals surface area contributed by atoms with Crippen LogP contribution in [-0.4, -0.2) is 23.4 Å². The second kappa shape index (κ2) is 8.90. The van der Waals surface area contributed by atoms with E-state index in [1.807, 2.05) is 30.3 Å². The first-order valence-electron chi connectivity index (χ1n) is 8.41. The Bertz CT molecular complexity index is 973. The Morgan fingerprint density at radius 2 is 1.89 bits per heavy atom. The minimum Gasteiger partial charge on any atom is -0.459 e. The van der Waals surface area contributed by atoms with Crippen LogP contribution in [0.25, 0.3) is 11.5 Å². The molecule has 0 atom stereocenters.